The van der Waals surface area contributed by atoms with E-state index < -0.39 is 5.97 Å². The lowest BCUT2D eigenvalue weighted by Crippen LogP contribution is -2.02. The molecule has 0 aliphatic carbocycles. The van der Waals surface area contributed by atoms with Gasteiger partial charge in [-0.3, -0.25) is 0 Å². The van der Waals surface area contributed by atoms with Gasteiger partial charge < -0.3 is 10.5 Å². The van der Waals surface area contributed by atoms with Crippen LogP contribution in [-0.4, -0.2) is 13.1 Å². The van der Waals surface area contributed by atoms with Crippen LogP contribution in [0.15, 0.2) is 22.7 Å². The fraction of sp³-hybridized carbons (Fsp3) is 0.214. The number of hydrogen-bond donors (Lipinski definition) is 1. The van der Waals surface area contributed by atoms with Gasteiger partial charge in [0.15, 0.2) is 0 Å². The Labute approximate surface area is 134 Å². The van der Waals surface area contributed by atoms with Crippen molar-refractivity contribution >= 4 is 50.5 Å². The molecule has 2 aromatic rings. The third kappa shape index (κ3) is 2.57. The number of nitrogen functional groups attached to an aromatic ring is 1. The quantitative estimate of drug-likeness (QED) is 0.788. The second-order valence-electron chi connectivity index (χ2n) is 4.10. The Morgan fingerprint density at radius 3 is 2.80 bits per heavy atom. The number of thiophene rings is 1. The van der Waals surface area contributed by atoms with Gasteiger partial charge >= 0.3 is 5.97 Å². The van der Waals surface area contributed by atoms with E-state index in [0.29, 0.717) is 15.6 Å². The molecular formula is C14H13BrClNO2S. The largest absolute Gasteiger partial charge is 0.465 e. The van der Waals surface area contributed by atoms with E-state index in [2.05, 4.69) is 15.9 Å². The molecule has 1 aromatic carbocycles. The third-order valence-electron chi connectivity index (χ3n) is 2.97. The highest BCUT2D eigenvalue weighted by molar-refractivity contribution is 9.10. The number of ether oxygens (including phenoxy) is 1. The predicted molar refractivity (Wildman–Crippen MR) is 87.6 cm³/mol. The van der Waals surface area contributed by atoms with Crippen molar-refractivity contribution in [3.05, 3.63) is 38.1 Å². The first-order valence-corrected chi connectivity index (χ1v) is 7.93. The van der Waals surface area contributed by atoms with Crippen molar-refractivity contribution in [3.8, 4) is 10.4 Å². The van der Waals surface area contributed by atoms with Crippen LogP contribution in [-0.2, 0) is 11.2 Å². The van der Waals surface area contributed by atoms with Gasteiger partial charge in [0.1, 0.15) is 4.88 Å². The molecule has 3 nitrogen and oxygen atoms in total. The Morgan fingerprint density at radius 1 is 1.50 bits per heavy atom. The first kappa shape index (κ1) is 15.4. The topological polar surface area (TPSA) is 52.3 Å². The summed E-state index contributed by atoms with van der Waals surface area (Å²) in [7, 11) is 1.35. The molecule has 0 saturated heterocycles. The van der Waals surface area contributed by atoms with Gasteiger partial charge in [-0.1, -0.05) is 30.7 Å². The van der Waals surface area contributed by atoms with Crippen LogP contribution in [0.4, 0.5) is 5.69 Å². The standard InChI is InChI=1S/C14H13BrClNO2S/c1-3-7-11(17)13(14(18)19-2)20-12(7)8-5-4-6-9(15)10(8)16/h4-6H,3,17H2,1-2H3. The minimum Gasteiger partial charge on any atom is -0.465 e. The SMILES string of the molecule is CCc1c(-c2cccc(Br)c2Cl)sc(C(=O)OC)c1N. The molecular weight excluding hydrogens is 362 g/mol. The van der Waals surface area contributed by atoms with E-state index >= 15 is 0 Å². The number of benzene rings is 1. The fourth-order valence-corrected chi connectivity index (χ4v) is 3.87. The number of hydrogen-bond acceptors (Lipinski definition) is 4. The van der Waals surface area contributed by atoms with Gasteiger partial charge in [-0.25, -0.2) is 4.79 Å². The van der Waals surface area contributed by atoms with Crippen LogP contribution in [0.3, 0.4) is 0 Å². The second-order valence-corrected chi connectivity index (χ2v) is 6.35. The van der Waals surface area contributed by atoms with Gasteiger partial charge in [0, 0.05) is 14.9 Å². The lowest BCUT2D eigenvalue weighted by atomic mass is 10.1. The fourth-order valence-electron chi connectivity index (χ4n) is 1.97. The molecule has 0 amide bonds. The number of carbonyl (C=O) groups excluding carboxylic acids is 1. The Balaban J connectivity index is 2.68. The lowest BCUT2D eigenvalue weighted by Gasteiger charge is -2.06. The smallest absolute Gasteiger partial charge is 0.350 e. The van der Waals surface area contributed by atoms with Gasteiger partial charge in [-0.2, -0.15) is 0 Å². The van der Waals surface area contributed by atoms with Crippen molar-refractivity contribution in [1.29, 1.82) is 0 Å². The van der Waals surface area contributed by atoms with Crippen molar-refractivity contribution in [2.24, 2.45) is 0 Å². The highest BCUT2D eigenvalue weighted by atomic mass is 79.9. The molecule has 1 heterocycles. The average Bonchev–Trinajstić information content (AvgIpc) is 2.77. The normalized spacial score (nSPS) is 10.6. The third-order valence-corrected chi connectivity index (χ3v) is 5.53. The maximum absolute atomic E-state index is 11.8. The first-order valence-electron chi connectivity index (χ1n) is 5.95. The van der Waals surface area contributed by atoms with Crippen LogP contribution in [0.2, 0.25) is 5.02 Å². The van der Waals surface area contributed by atoms with Crippen molar-refractivity contribution in [2.45, 2.75) is 13.3 Å². The zero-order valence-corrected chi connectivity index (χ0v) is 14.2. The molecule has 2 rings (SSSR count). The van der Waals surface area contributed by atoms with Crippen LogP contribution in [0.25, 0.3) is 10.4 Å². The number of halogens is 2. The summed E-state index contributed by atoms with van der Waals surface area (Å²) in [5.74, 6) is -0.417. The molecule has 2 N–H and O–H groups in total. The van der Waals surface area contributed by atoms with Crippen LogP contribution >= 0.6 is 38.9 Å². The molecule has 0 saturated carbocycles. The Bertz CT molecular complexity index is 669. The summed E-state index contributed by atoms with van der Waals surface area (Å²) < 4.78 is 5.58. The van der Waals surface area contributed by atoms with E-state index in [9.17, 15) is 4.79 Å². The van der Waals surface area contributed by atoms with Crippen LogP contribution in [0.5, 0.6) is 0 Å². The number of anilines is 1. The maximum Gasteiger partial charge on any atom is 0.350 e. The van der Waals surface area contributed by atoms with Gasteiger partial charge in [0.25, 0.3) is 0 Å². The lowest BCUT2D eigenvalue weighted by molar-refractivity contribution is 0.0607. The van der Waals surface area contributed by atoms with E-state index in [0.717, 1.165) is 26.9 Å². The molecule has 0 bridgehead atoms. The molecule has 106 valence electrons. The summed E-state index contributed by atoms with van der Waals surface area (Å²) in [6, 6.07) is 5.69. The number of methoxy groups -OCH3 is 1. The molecule has 0 spiro atoms. The molecule has 0 unspecified atom stereocenters. The van der Waals surface area contributed by atoms with Crippen LogP contribution in [0, 0.1) is 0 Å². The maximum atomic E-state index is 11.8. The number of carbonyl (C=O) groups is 1. The number of esters is 1. The highest BCUT2D eigenvalue weighted by Gasteiger charge is 2.22. The molecule has 0 atom stereocenters. The van der Waals surface area contributed by atoms with Crippen molar-refractivity contribution < 1.29 is 9.53 Å². The summed E-state index contributed by atoms with van der Waals surface area (Å²) in [5, 5.41) is 0.611. The summed E-state index contributed by atoms with van der Waals surface area (Å²) in [4.78, 5) is 13.1. The number of nitrogens with two attached hydrogens (primary N) is 1. The summed E-state index contributed by atoms with van der Waals surface area (Å²) in [6.45, 7) is 1.99. The summed E-state index contributed by atoms with van der Waals surface area (Å²) in [5.41, 5.74) is 8.35. The Hall–Kier alpha value is -1.04. The molecule has 0 radical (unpaired) electrons. The van der Waals surface area contributed by atoms with Gasteiger partial charge in [-0.15, -0.1) is 11.3 Å². The Morgan fingerprint density at radius 2 is 2.20 bits per heavy atom. The van der Waals surface area contributed by atoms with Crippen molar-refractivity contribution in [1.82, 2.24) is 0 Å². The molecule has 0 aliphatic heterocycles. The first-order chi connectivity index (χ1) is 9.51. The van der Waals surface area contributed by atoms with Crippen LogP contribution in [0.1, 0.15) is 22.2 Å². The zero-order chi connectivity index (χ0) is 14.9. The predicted octanol–water partition coefficient (Wildman–Crippen LogP) is 4.76. The monoisotopic (exact) mass is 373 g/mol. The van der Waals surface area contributed by atoms with Crippen LogP contribution < -0.4 is 5.73 Å². The highest BCUT2D eigenvalue weighted by Crippen LogP contribution is 2.43. The molecule has 6 heteroatoms. The second kappa shape index (κ2) is 6.16. The Kier molecular flexibility index (Phi) is 4.73. The van der Waals surface area contributed by atoms with Gasteiger partial charge in [0.2, 0.25) is 0 Å². The van der Waals surface area contributed by atoms with Gasteiger partial charge in [-0.05, 0) is 34.0 Å². The van der Waals surface area contributed by atoms with E-state index in [1.165, 1.54) is 18.4 Å². The zero-order valence-electron chi connectivity index (χ0n) is 11.0. The average molecular weight is 375 g/mol. The molecule has 1 aromatic heterocycles. The van der Waals surface area contributed by atoms with E-state index in [1.54, 1.807) is 0 Å². The van der Waals surface area contributed by atoms with Crippen molar-refractivity contribution in [2.75, 3.05) is 12.8 Å². The molecule has 20 heavy (non-hydrogen) atoms. The van der Waals surface area contributed by atoms with Crippen molar-refractivity contribution in [3.63, 3.8) is 0 Å². The molecule has 0 aliphatic rings. The van der Waals surface area contributed by atoms with E-state index in [4.69, 9.17) is 22.1 Å². The van der Waals surface area contributed by atoms with E-state index in [1.807, 2.05) is 25.1 Å². The van der Waals surface area contributed by atoms with E-state index in [-0.39, 0.29) is 0 Å². The number of rotatable bonds is 3. The summed E-state index contributed by atoms with van der Waals surface area (Å²) in [6.07, 6.45) is 0.720. The minimum absolute atomic E-state index is 0.417. The van der Waals surface area contributed by atoms with Gasteiger partial charge in [0.05, 0.1) is 17.8 Å². The minimum atomic E-state index is -0.417. The molecule has 0 fully saturated rings. The summed E-state index contributed by atoms with van der Waals surface area (Å²) >= 11 is 11.1.